The molecular weight excluding hydrogens is 234 g/mol. The van der Waals surface area contributed by atoms with E-state index in [-0.39, 0.29) is 5.41 Å². The lowest BCUT2D eigenvalue weighted by Crippen LogP contribution is -2.28. The van der Waals surface area contributed by atoms with Gasteiger partial charge in [-0.1, -0.05) is 44.2 Å². The maximum absolute atomic E-state index is 5.61. The summed E-state index contributed by atoms with van der Waals surface area (Å²) in [7, 11) is 0. The first-order valence-electron chi connectivity index (χ1n) is 6.83. The molecule has 19 heavy (non-hydrogen) atoms. The second-order valence-electron chi connectivity index (χ2n) is 4.77. The number of aromatic nitrogens is 2. The van der Waals surface area contributed by atoms with Crippen LogP contribution in [0.25, 0.3) is 0 Å². The van der Waals surface area contributed by atoms with E-state index in [1.54, 1.807) is 0 Å². The molecule has 2 rings (SSSR count). The minimum absolute atomic E-state index is 0.103. The molecule has 3 heteroatoms. The maximum Gasteiger partial charge on any atom is 0.138 e. The van der Waals surface area contributed by atoms with Crippen molar-refractivity contribution in [3.05, 3.63) is 59.7 Å². The van der Waals surface area contributed by atoms with Crippen molar-refractivity contribution < 1.29 is 0 Å². The van der Waals surface area contributed by atoms with Crippen molar-refractivity contribution in [3.63, 3.8) is 0 Å². The molecule has 0 atom stereocenters. The normalized spacial score (nSPS) is 11.5. The van der Waals surface area contributed by atoms with Gasteiger partial charge in [-0.2, -0.15) is 0 Å². The summed E-state index contributed by atoms with van der Waals surface area (Å²) in [5, 5.41) is 0. The molecule has 0 aliphatic heterocycles. The van der Waals surface area contributed by atoms with Crippen molar-refractivity contribution in [3.8, 4) is 0 Å². The molecule has 0 fully saturated rings. The molecule has 0 spiro atoms. The first kappa shape index (κ1) is 13.7. The van der Waals surface area contributed by atoms with Gasteiger partial charge in [-0.25, -0.2) is 9.97 Å². The number of rotatable bonds is 5. The molecule has 1 aromatic heterocycles. The Balaban J connectivity index is 2.49. The SMILES string of the molecule is CCC(CC)(c1ccccc1)c1ncc(CN)cn1. The molecule has 3 nitrogen and oxygen atoms in total. The van der Waals surface area contributed by atoms with Gasteiger partial charge in [-0.05, 0) is 18.4 Å². The van der Waals surface area contributed by atoms with E-state index < -0.39 is 0 Å². The van der Waals surface area contributed by atoms with Gasteiger partial charge in [0, 0.05) is 24.5 Å². The van der Waals surface area contributed by atoms with E-state index in [9.17, 15) is 0 Å². The smallest absolute Gasteiger partial charge is 0.138 e. The average Bonchev–Trinajstić information content (AvgIpc) is 2.51. The summed E-state index contributed by atoms with van der Waals surface area (Å²) in [5.74, 6) is 0.890. The highest BCUT2D eigenvalue weighted by molar-refractivity contribution is 5.32. The Kier molecular flexibility index (Phi) is 4.27. The highest BCUT2D eigenvalue weighted by Crippen LogP contribution is 2.36. The van der Waals surface area contributed by atoms with Gasteiger partial charge in [0.2, 0.25) is 0 Å². The highest BCUT2D eigenvalue weighted by Gasteiger charge is 2.33. The molecule has 0 saturated carbocycles. The molecular formula is C16H21N3. The fourth-order valence-corrected chi connectivity index (χ4v) is 2.57. The van der Waals surface area contributed by atoms with Gasteiger partial charge in [0.1, 0.15) is 5.82 Å². The Labute approximate surface area is 114 Å². The summed E-state index contributed by atoms with van der Waals surface area (Å²) in [5.41, 5.74) is 7.75. The van der Waals surface area contributed by atoms with Crippen molar-refractivity contribution in [2.45, 2.75) is 38.6 Å². The van der Waals surface area contributed by atoms with Gasteiger partial charge in [0.05, 0.1) is 5.41 Å². The Morgan fingerprint density at radius 3 is 2.05 bits per heavy atom. The average molecular weight is 255 g/mol. The number of nitrogens with zero attached hydrogens (tertiary/aromatic N) is 2. The molecule has 100 valence electrons. The summed E-state index contributed by atoms with van der Waals surface area (Å²) >= 11 is 0. The van der Waals surface area contributed by atoms with Crippen LogP contribution in [0.5, 0.6) is 0 Å². The molecule has 0 radical (unpaired) electrons. The van der Waals surface area contributed by atoms with Crippen LogP contribution >= 0.6 is 0 Å². The van der Waals surface area contributed by atoms with Gasteiger partial charge in [-0.15, -0.1) is 0 Å². The predicted octanol–water partition coefficient (Wildman–Crippen LogP) is 3.04. The molecule has 0 saturated heterocycles. The van der Waals surface area contributed by atoms with Crippen LogP contribution in [0.15, 0.2) is 42.7 Å². The van der Waals surface area contributed by atoms with Crippen LogP contribution in [0.3, 0.4) is 0 Å². The Hall–Kier alpha value is -1.74. The number of hydrogen-bond acceptors (Lipinski definition) is 3. The molecule has 2 N–H and O–H groups in total. The monoisotopic (exact) mass is 255 g/mol. The molecule has 2 aromatic rings. The minimum Gasteiger partial charge on any atom is -0.326 e. The number of nitrogens with two attached hydrogens (primary N) is 1. The van der Waals surface area contributed by atoms with Crippen LogP contribution in [0.2, 0.25) is 0 Å². The molecule has 1 aromatic carbocycles. The van der Waals surface area contributed by atoms with E-state index in [4.69, 9.17) is 5.73 Å². The van der Waals surface area contributed by atoms with Gasteiger partial charge >= 0.3 is 0 Å². The van der Waals surface area contributed by atoms with Crippen LogP contribution in [0.4, 0.5) is 0 Å². The van der Waals surface area contributed by atoms with Gasteiger partial charge in [0.15, 0.2) is 0 Å². The lowest BCUT2D eigenvalue weighted by molar-refractivity contribution is 0.448. The zero-order valence-corrected chi connectivity index (χ0v) is 11.6. The Morgan fingerprint density at radius 2 is 1.58 bits per heavy atom. The predicted molar refractivity (Wildman–Crippen MR) is 77.7 cm³/mol. The quantitative estimate of drug-likeness (QED) is 0.893. The summed E-state index contributed by atoms with van der Waals surface area (Å²) in [4.78, 5) is 9.10. The molecule has 1 heterocycles. The molecule has 0 amide bonds. The topological polar surface area (TPSA) is 51.8 Å². The van der Waals surface area contributed by atoms with Crippen LogP contribution < -0.4 is 5.73 Å². The number of hydrogen-bond donors (Lipinski definition) is 1. The maximum atomic E-state index is 5.61. The lowest BCUT2D eigenvalue weighted by Gasteiger charge is -2.30. The Bertz CT molecular complexity index is 501. The zero-order chi connectivity index (χ0) is 13.7. The third-order valence-corrected chi connectivity index (χ3v) is 3.90. The molecule has 0 aliphatic carbocycles. The van der Waals surface area contributed by atoms with E-state index in [1.807, 2.05) is 18.5 Å². The number of benzene rings is 1. The van der Waals surface area contributed by atoms with Crippen LogP contribution in [-0.2, 0) is 12.0 Å². The van der Waals surface area contributed by atoms with Crippen molar-refractivity contribution >= 4 is 0 Å². The molecule has 0 unspecified atom stereocenters. The first-order valence-corrected chi connectivity index (χ1v) is 6.83. The van der Waals surface area contributed by atoms with Crippen molar-refractivity contribution in [2.75, 3.05) is 0 Å². The summed E-state index contributed by atoms with van der Waals surface area (Å²) in [6.07, 6.45) is 5.64. The zero-order valence-electron chi connectivity index (χ0n) is 11.6. The largest absolute Gasteiger partial charge is 0.326 e. The second kappa shape index (κ2) is 5.93. The fraction of sp³-hybridized carbons (Fsp3) is 0.375. The first-order chi connectivity index (χ1) is 9.26. The third-order valence-electron chi connectivity index (χ3n) is 3.90. The van der Waals surface area contributed by atoms with Crippen molar-refractivity contribution in [2.24, 2.45) is 5.73 Å². The highest BCUT2D eigenvalue weighted by atomic mass is 14.9. The van der Waals surface area contributed by atoms with Crippen molar-refractivity contribution in [1.29, 1.82) is 0 Å². The van der Waals surface area contributed by atoms with E-state index in [0.717, 1.165) is 24.2 Å². The van der Waals surface area contributed by atoms with Crippen molar-refractivity contribution in [1.82, 2.24) is 9.97 Å². The summed E-state index contributed by atoms with van der Waals surface area (Å²) in [6.45, 7) is 4.87. The standard InChI is InChI=1S/C16H21N3/c1-3-16(4-2,14-8-6-5-7-9-14)15-18-11-13(10-17)12-19-15/h5-9,11-12H,3-4,10,17H2,1-2H3. The van der Waals surface area contributed by atoms with Gasteiger partial charge < -0.3 is 5.73 Å². The molecule has 0 aliphatic rings. The van der Waals surface area contributed by atoms with Crippen LogP contribution in [-0.4, -0.2) is 9.97 Å². The third kappa shape index (κ3) is 2.51. The van der Waals surface area contributed by atoms with Crippen LogP contribution in [0.1, 0.15) is 43.6 Å². The van der Waals surface area contributed by atoms with Gasteiger partial charge in [-0.3, -0.25) is 0 Å². The van der Waals surface area contributed by atoms with E-state index in [1.165, 1.54) is 5.56 Å². The summed E-state index contributed by atoms with van der Waals surface area (Å²) in [6, 6.07) is 10.5. The Morgan fingerprint density at radius 1 is 1.00 bits per heavy atom. The molecule has 0 bridgehead atoms. The van der Waals surface area contributed by atoms with E-state index in [2.05, 4.69) is 48.1 Å². The van der Waals surface area contributed by atoms with E-state index >= 15 is 0 Å². The second-order valence-corrected chi connectivity index (χ2v) is 4.77. The summed E-state index contributed by atoms with van der Waals surface area (Å²) < 4.78 is 0. The van der Waals surface area contributed by atoms with E-state index in [0.29, 0.717) is 6.54 Å². The fourth-order valence-electron chi connectivity index (χ4n) is 2.57. The van der Waals surface area contributed by atoms with Crippen LogP contribution in [0, 0.1) is 0 Å². The van der Waals surface area contributed by atoms with Gasteiger partial charge in [0.25, 0.3) is 0 Å². The lowest BCUT2D eigenvalue weighted by atomic mass is 9.75. The minimum atomic E-state index is -0.103.